The Morgan fingerprint density at radius 1 is 1.44 bits per heavy atom. The third kappa shape index (κ3) is 4.45. The van der Waals surface area contributed by atoms with Crippen LogP contribution in [0.5, 0.6) is 0 Å². The van der Waals surface area contributed by atoms with Crippen LogP contribution in [0.2, 0.25) is 0 Å². The molecule has 3 rings (SSSR count). The molecule has 1 aromatic carbocycles. The molecule has 0 aliphatic carbocycles. The van der Waals surface area contributed by atoms with E-state index in [1.54, 1.807) is 12.1 Å². The van der Waals surface area contributed by atoms with Crippen LogP contribution in [0.25, 0.3) is 10.2 Å². The SMILES string of the molecule is Cc1cc2c(=O)[nH]c(CNC(=S)SCc3ccc(C#N)cc3)nc2s1. The first-order valence-corrected chi connectivity index (χ1v) is 9.65. The number of H-pyrrole nitrogens is 1. The van der Waals surface area contributed by atoms with E-state index in [1.165, 1.54) is 23.1 Å². The molecule has 0 aliphatic heterocycles. The third-order valence-electron chi connectivity index (χ3n) is 3.43. The minimum absolute atomic E-state index is 0.123. The number of thiocarbonyl (C=S) groups is 1. The zero-order chi connectivity index (χ0) is 17.8. The number of hydrogen-bond acceptors (Lipinski definition) is 6. The van der Waals surface area contributed by atoms with Gasteiger partial charge in [0.15, 0.2) is 0 Å². The molecule has 0 atom stereocenters. The average Bonchev–Trinajstić information content (AvgIpc) is 2.99. The molecule has 25 heavy (non-hydrogen) atoms. The van der Waals surface area contributed by atoms with Gasteiger partial charge in [0.2, 0.25) is 0 Å². The number of benzene rings is 1. The Bertz CT molecular complexity index is 1020. The van der Waals surface area contributed by atoms with Crippen molar-refractivity contribution in [3.05, 3.63) is 62.5 Å². The fourth-order valence-corrected chi connectivity index (χ4v) is 4.02. The van der Waals surface area contributed by atoms with Gasteiger partial charge in [-0.1, -0.05) is 36.1 Å². The lowest BCUT2D eigenvalue weighted by molar-refractivity contribution is 0.843. The van der Waals surface area contributed by atoms with Gasteiger partial charge in [-0.05, 0) is 30.7 Å². The van der Waals surface area contributed by atoms with Crippen molar-refractivity contribution in [2.75, 3.05) is 0 Å². The van der Waals surface area contributed by atoms with Gasteiger partial charge in [0, 0.05) is 10.6 Å². The summed E-state index contributed by atoms with van der Waals surface area (Å²) in [6.45, 7) is 2.33. The van der Waals surface area contributed by atoms with Crippen LogP contribution in [0.1, 0.15) is 21.8 Å². The zero-order valence-corrected chi connectivity index (χ0v) is 15.8. The molecule has 2 N–H and O–H groups in total. The van der Waals surface area contributed by atoms with E-state index in [9.17, 15) is 4.79 Å². The predicted molar refractivity (Wildman–Crippen MR) is 107 cm³/mol. The van der Waals surface area contributed by atoms with Gasteiger partial charge in [0.1, 0.15) is 15.0 Å². The molecular weight excluding hydrogens is 372 g/mol. The van der Waals surface area contributed by atoms with Crippen molar-refractivity contribution in [2.24, 2.45) is 0 Å². The van der Waals surface area contributed by atoms with E-state index in [0.29, 0.717) is 33.4 Å². The molecule has 2 heterocycles. The Balaban J connectivity index is 1.56. The van der Waals surface area contributed by atoms with Gasteiger partial charge in [0.05, 0.1) is 23.6 Å². The highest BCUT2D eigenvalue weighted by molar-refractivity contribution is 8.22. The summed E-state index contributed by atoms with van der Waals surface area (Å²) in [7, 11) is 0. The van der Waals surface area contributed by atoms with Crippen LogP contribution < -0.4 is 10.9 Å². The van der Waals surface area contributed by atoms with Crippen LogP contribution in [0.4, 0.5) is 0 Å². The molecule has 0 unspecified atom stereocenters. The smallest absolute Gasteiger partial charge is 0.259 e. The highest BCUT2D eigenvalue weighted by atomic mass is 32.2. The maximum Gasteiger partial charge on any atom is 0.259 e. The number of thiophene rings is 1. The standard InChI is InChI=1S/C17H14N4OS3/c1-10-6-13-15(22)20-14(21-16(13)25-10)8-19-17(23)24-9-12-4-2-11(7-18)3-5-12/h2-6H,8-9H2,1H3,(H,19,23)(H,20,21,22). The fraction of sp³-hybridized carbons (Fsp3) is 0.176. The van der Waals surface area contributed by atoms with Crippen molar-refractivity contribution < 1.29 is 0 Å². The third-order valence-corrected chi connectivity index (χ3v) is 5.75. The first-order chi connectivity index (χ1) is 12.0. The summed E-state index contributed by atoms with van der Waals surface area (Å²) in [6, 6.07) is 11.4. The van der Waals surface area contributed by atoms with Crippen LogP contribution in [0, 0.1) is 18.3 Å². The summed E-state index contributed by atoms with van der Waals surface area (Å²) < 4.78 is 0.634. The molecule has 0 saturated carbocycles. The molecule has 0 bridgehead atoms. The molecule has 8 heteroatoms. The van der Waals surface area contributed by atoms with E-state index >= 15 is 0 Å². The van der Waals surface area contributed by atoms with Gasteiger partial charge in [-0.15, -0.1) is 11.3 Å². The summed E-state index contributed by atoms with van der Waals surface area (Å²) in [5, 5.41) is 12.5. The molecule has 0 radical (unpaired) electrons. The Hall–Kier alpha value is -2.21. The van der Waals surface area contributed by atoms with E-state index in [-0.39, 0.29) is 5.56 Å². The number of fused-ring (bicyclic) bond motifs is 1. The normalized spacial score (nSPS) is 10.6. The number of aromatic nitrogens is 2. The quantitative estimate of drug-likeness (QED) is 0.668. The molecule has 3 aromatic rings. The van der Waals surface area contributed by atoms with E-state index in [2.05, 4.69) is 21.4 Å². The summed E-state index contributed by atoms with van der Waals surface area (Å²) in [5.41, 5.74) is 1.61. The predicted octanol–water partition coefficient (Wildman–Crippen LogP) is 3.47. The first-order valence-electron chi connectivity index (χ1n) is 7.44. The molecule has 0 saturated heterocycles. The minimum atomic E-state index is -0.123. The van der Waals surface area contributed by atoms with E-state index in [4.69, 9.17) is 17.5 Å². The molecule has 5 nitrogen and oxygen atoms in total. The van der Waals surface area contributed by atoms with Crippen LogP contribution in [0.3, 0.4) is 0 Å². The highest BCUT2D eigenvalue weighted by Crippen LogP contribution is 2.20. The molecule has 0 fully saturated rings. The van der Waals surface area contributed by atoms with Crippen molar-refractivity contribution in [3.63, 3.8) is 0 Å². The first kappa shape index (κ1) is 17.6. The topological polar surface area (TPSA) is 81.6 Å². The Labute approximate surface area is 158 Å². The fourth-order valence-electron chi connectivity index (χ4n) is 2.21. The van der Waals surface area contributed by atoms with E-state index in [0.717, 1.165) is 15.3 Å². The van der Waals surface area contributed by atoms with Crippen molar-refractivity contribution in [3.8, 4) is 6.07 Å². The van der Waals surface area contributed by atoms with Crippen molar-refractivity contribution >= 4 is 49.9 Å². The van der Waals surface area contributed by atoms with Gasteiger partial charge in [0.25, 0.3) is 5.56 Å². The molecule has 0 aliphatic rings. The van der Waals surface area contributed by atoms with Crippen molar-refractivity contribution in [2.45, 2.75) is 19.2 Å². The minimum Gasteiger partial charge on any atom is -0.364 e. The Morgan fingerprint density at radius 2 is 2.20 bits per heavy atom. The van der Waals surface area contributed by atoms with Crippen LogP contribution in [0.15, 0.2) is 35.1 Å². The second kappa shape index (κ2) is 7.78. The van der Waals surface area contributed by atoms with Crippen molar-refractivity contribution in [1.29, 1.82) is 5.26 Å². The molecule has 0 amide bonds. The lowest BCUT2D eigenvalue weighted by Crippen LogP contribution is -2.22. The van der Waals surface area contributed by atoms with Crippen LogP contribution in [-0.2, 0) is 12.3 Å². The number of rotatable bonds is 4. The second-order valence-corrected chi connectivity index (χ2v) is 8.21. The second-order valence-electron chi connectivity index (χ2n) is 5.33. The Morgan fingerprint density at radius 3 is 2.92 bits per heavy atom. The number of aromatic amines is 1. The largest absolute Gasteiger partial charge is 0.364 e. The zero-order valence-electron chi connectivity index (χ0n) is 13.3. The van der Waals surface area contributed by atoms with Gasteiger partial charge in [-0.3, -0.25) is 4.79 Å². The number of nitrogens with one attached hydrogen (secondary N) is 2. The number of hydrogen-bond donors (Lipinski definition) is 2. The number of nitriles is 1. The maximum absolute atomic E-state index is 12.0. The number of aryl methyl sites for hydroxylation is 1. The molecule has 2 aromatic heterocycles. The van der Waals surface area contributed by atoms with E-state index in [1.807, 2.05) is 25.1 Å². The van der Waals surface area contributed by atoms with Crippen molar-refractivity contribution in [1.82, 2.24) is 15.3 Å². The Kier molecular flexibility index (Phi) is 5.48. The van der Waals surface area contributed by atoms with Gasteiger partial charge >= 0.3 is 0 Å². The summed E-state index contributed by atoms with van der Waals surface area (Å²) in [4.78, 5) is 21.1. The molecular formula is C17H14N4OS3. The lowest BCUT2D eigenvalue weighted by Gasteiger charge is -2.07. The maximum atomic E-state index is 12.0. The summed E-state index contributed by atoms with van der Waals surface area (Å²) in [6.07, 6.45) is 0. The summed E-state index contributed by atoms with van der Waals surface area (Å²) in [5.74, 6) is 1.28. The van der Waals surface area contributed by atoms with Crippen LogP contribution >= 0.6 is 35.3 Å². The van der Waals surface area contributed by atoms with Gasteiger partial charge in [-0.2, -0.15) is 5.26 Å². The van der Waals surface area contributed by atoms with E-state index < -0.39 is 0 Å². The number of nitrogens with zero attached hydrogens (tertiary/aromatic N) is 2. The van der Waals surface area contributed by atoms with Crippen LogP contribution in [-0.4, -0.2) is 14.3 Å². The monoisotopic (exact) mass is 386 g/mol. The average molecular weight is 387 g/mol. The van der Waals surface area contributed by atoms with Gasteiger partial charge < -0.3 is 10.3 Å². The summed E-state index contributed by atoms with van der Waals surface area (Å²) >= 11 is 8.32. The number of thioether (sulfide) groups is 1. The van der Waals surface area contributed by atoms with Gasteiger partial charge in [-0.25, -0.2) is 4.98 Å². The highest BCUT2D eigenvalue weighted by Gasteiger charge is 2.07. The lowest BCUT2D eigenvalue weighted by atomic mass is 10.2. The molecule has 0 spiro atoms. The molecule has 126 valence electrons.